The SMILES string of the molecule is NC1C=CC2=C(N1)n1cc3cc(C4(c5ccccc5)CCOCC4)cc(c3c1)COc1cc(ccc1O)CC[C@@H](O)C[C@H](CC[C@H](CCCO)CCCc1ccc(O)cc1)OC2. The third kappa shape index (κ3) is 10.6. The molecular weight excluding hydrogens is 779 g/mol. The van der Waals surface area contributed by atoms with Crippen molar-refractivity contribution in [2.75, 3.05) is 26.4 Å². The monoisotopic (exact) mass is 841 g/mol. The number of aryl methyl sites for hydroxylation is 2. The summed E-state index contributed by atoms with van der Waals surface area (Å²) < 4.78 is 21.4. The lowest BCUT2D eigenvalue weighted by atomic mass is 9.68. The number of phenols is 2. The zero-order valence-corrected chi connectivity index (χ0v) is 35.8. The molecule has 10 heteroatoms. The van der Waals surface area contributed by atoms with Crippen molar-refractivity contribution in [3.05, 3.63) is 143 Å². The van der Waals surface area contributed by atoms with Gasteiger partial charge in [-0.3, -0.25) is 0 Å². The number of ether oxygens (including phenoxy) is 3. The van der Waals surface area contributed by atoms with Gasteiger partial charge in [-0.05, 0) is 141 Å². The van der Waals surface area contributed by atoms with E-state index < -0.39 is 6.10 Å². The summed E-state index contributed by atoms with van der Waals surface area (Å²) in [6.07, 6.45) is 16.8. The van der Waals surface area contributed by atoms with Crippen molar-refractivity contribution in [1.82, 2.24) is 9.88 Å². The third-order valence-electron chi connectivity index (χ3n) is 13.3. The lowest BCUT2D eigenvalue weighted by Crippen LogP contribution is -2.38. The standard InChI is InChI=1S/C52H63N3O7/c53-50-22-16-39-34-61-46(20-14-36(8-5-25-56)6-4-7-37-11-17-44(57)18-12-37)31-45(58)19-13-38-15-21-48(59)49(28-38)62-35-41-30-43(29-40-32-55(33-47(40)41)51(39)54-50)52(23-26-60-27-24-52)42-9-2-1-3-10-42/h1-3,9-12,15-18,21-22,28-30,32-33,36,45-46,50,54,56-59H,4-8,13-14,19-20,23-27,31,34-35,53H2/t36-,45+,46-,50?/m0/s1. The van der Waals surface area contributed by atoms with Gasteiger partial charge in [-0.15, -0.1) is 0 Å². The van der Waals surface area contributed by atoms with Crippen LogP contribution in [-0.4, -0.2) is 69.8 Å². The minimum absolute atomic E-state index is 0.0770. The van der Waals surface area contributed by atoms with Crippen LogP contribution >= 0.6 is 0 Å². The van der Waals surface area contributed by atoms with Crippen LogP contribution in [0.2, 0.25) is 0 Å². The predicted octanol–water partition coefficient (Wildman–Crippen LogP) is 8.62. The first-order valence-corrected chi connectivity index (χ1v) is 22.6. The van der Waals surface area contributed by atoms with Crippen LogP contribution in [0.25, 0.3) is 16.6 Å². The molecule has 1 fully saturated rings. The molecule has 4 heterocycles. The Hall–Kier alpha value is -5.10. The Morgan fingerprint density at radius 3 is 2.48 bits per heavy atom. The fourth-order valence-corrected chi connectivity index (χ4v) is 9.74. The molecule has 5 aromatic rings. The van der Waals surface area contributed by atoms with Crippen LogP contribution in [0.15, 0.2) is 115 Å². The van der Waals surface area contributed by atoms with Crippen molar-refractivity contribution in [2.45, 2.75) is 107 Å². The van der Waals surface area contributed by atoms with Crippen molar-refractivity contribution in [3.8, 4) is 17.2 Å². The number of phenolic OH excluding ortho intramolecular Hbond substituents is 2. The van der Waals surface area contributed by atoms with Gasteiger partial charge in [-0.2, -0.15) is 0 Å². The maximum absolute atomic E-state index is 11.5. The molecule has 328 valence electrons. The van der Waals surface area contributed by atoms with Gasteiger partial charge in [0.1, 0.15) is 18.2 Å². The molecule has 10 nitrogen and oxygen atoms in total. The molecule has 0 saturated carbocycles. The van der Waals surface area contributed by atoms with E-state index in [4.69, 9.17) is 19.9 Å². The van der Waals surface area contributed by atoms with Crippen LogP contribution in [0.5, 0.6) is 17.2 Å². The highest BCUT2D eigenvalue weighted by atomic mass is 16.5. The molecule has 4 bridgehead atoms. The molecule has 3 aliphatic heterocycles. The lowest BCUT2D eigenvalue weighted by Gasteiger charge is -2.39. The number of fused-ring (bicyclic) bond motifs is 4. The Balaban J connectivity index is 1.13. The van der Waals surface area contributed by atoms with Gasteiger partial charge in [-0.25, -0.2) is 0 Å². The summed E-state index contributed by atoms with van der Waals surface area (Å²) in [5, 5.41) is 47.7. The van der Waals surface area contributed by atoms with Crippen molar-refractivity contribution in [1.29, 1.82) is 0 Å². The maximum atomic E-state index is 11.5. The van der Waals surface area contributed by atoms with Gasteiger partial charge >= 0.3 is 0 Å². The zero-order valence-electron chi connectivity index (χ0n) is 35.8. The summed E-state index contributed by atoms with van der Waals surface area (Å²) in [6.45, 7) is 2.08. The highest BCUT2D eigenvalue weighted by Gasteiger charge is 2.37. The van der Waals surface area contributed by atoms with Gasteiger partial charge in [0.25, 0.3) is 0 Å². The number of aliphatic hydroxyl groups is 2. The molecule has 1 aromatic heterocycles. The first-order chi connectivity index (χ1) is 30.3. The Kier molecular flexibility index (Phi) is 14.3. The lowest BCUT2D eigenvalue weighted by molar-refractivity contribution is 0.0145. The normalized spacial score (nSPS) is 21.1. The van der Waals surface area contributed by atoms with Gasteiger partial charge in [-0.1, -0.05) is 67.1 Å². The number of benzene rings is 4. The largest absolute Gasteiger partial charge is 0.508 e. The number of nitrogens with zero attached hydrogens (tertiary/aromatic N) is 1. The molecule has 7 N–H and O–H groups in total. The average molecular weight is 842 g/mol. The van der Waals surface area contributed by atoms with Gasteiger partial charge in [0.2, 0.25) is 0 Å². The molecule has 1 saturated heterocycles. The van der Waals surface area contributed by atoms with E-state index in [1.807, 2.05) is 30.3 Å². The summed E-state index contributed by atoms with van der Waals surface area (Å²) in [5.41, 5.74) is 12.9. The smallest absolute Gasteiger partial charge is 0.161 e. The molecular formula is C52H63N3O7. The second kappa shape index (κ2) is 20.4. The number of aromatic hydroxyl groups is 2. The number of hydrogen-bond acceptors (Lipinski definition) is 9. The van der Waals surface area contributed by atoms with Crippen molar-refractivity contribution in [3.63, 3.8) is 0 Å². The summed E-state index contributed by atoms with van der Waals surface area (Å²) in [5.74, 6) is 2.01. The topological polar surface area (TPSA) is 152 Å². The van der Waals surface area contributed by atoms with E-state index in [9.17, 15) is 20.4 Å². The molecule has 4 aromatic carbocycles. The van der Waals surface area contributed by atoms with E-state index in [-0.39, 0.29) is 42.4 Å². The quantitative estimate of drug-likeness (QED) is 0.0726. The second-order valence-corrected chi connectivity index (χ2v) is 17.6. The Labute approximate surface area is 365 Å². The molecule has 4 atom stereocenters. The van der Waals surface area contributed by atoms with Crippen LogP contribution in [-0.2, 0) is 34.3 Å². The fourth-order valence-electron chi connectivity index (χ4n) is 9.74. The maximum Gasteiger partial charge on any atom is 0.161 e. The van der Waals surface area contributed by atoms with Crippen LogP contribution in [0.1, 0.15) is 92.0 Å². The number of nitrogens with two attached hydrogens (primary N) is 1. The van der Waals surface area contributed by atoms with E-state index in [1.165, 1.54) is 16.7 Å². The molecule has 62 heavy (non-hydrogen) atoms. The summed E-state index contributed by atoms with van der Waals surface area (Å²) in [4.78, 5) is 0. The summed E-state index contributed by atoms with van der Waals surface area (Å²) >= 11 is 0. The van der Waals surface area contributed by atoms with E-state index in [1.54, 1.807) is 18.2 Å². The number of rotatable bonds is 12. The minimum Gasteiger partial charge on any atom is -0.508 e. The Morgan fingerprint density at radius 2 is 1.68 bits per heavy atom. The van der Waals surface area contributed by atoms with Crippen molar-refractivity contribution < 1.29 is 34.6 Å². The van der Waals surface area contributed by atoms with E-state index in [0.717, 1.165) is 91.1 Å². The highest BCUT2D eigenvalue weighted by molar-refractivity contribution is 5.88. The van der Waals surface area contributed by atoms with Crippen LogP contribution in [0.4, 0.5) is 0 Å². The number of dihydropyridines is 1. The first-order valence-electron chi connectivity index (χ1n) is 22.6. The predicted molar refractivity (Wildman–Crippen MR) is 244 cm³/mol. The molecule has 0 radical (unpaired) electrons. The van der Waals surface area contributed by atoms with Crippen LogP contribution in [0, 0.1) is 5.92 Å². The molecule has 0 spiro atoms. The van der Waals surface area contributed by atoms with Crippen LogP contribution in [0.3, 0.4) is 0 Å². The molecule has 0 aliphatic carbocycles. The molecule has 0 amide bonds. The van der Waals surface area contributed by atoms with Crippen molar-refractivity contribution in [2.24, 2.45) is 11.7 Å². The highest BCUT2D eigenvalue weighted by Crippen LogP contribution is 2.44. The second-order valence-electron chi connectivity index (χ2n) is 17.6. The first kappa shape index (κ1) is 43.5. The fraction of sp³-hybridized carbons (Fsp3) is 0.423. The number of hydrogen-bond donors (Lipinski definition) is 6. The van der Waals surface area contributed by atoms with Crippen molar-refractivity contribution >= 4 is 16.6 Å². The summed E-state index contributed by atoms with van der Waals surface area (Å²) in [7, 11) is 0. The number of aromatic nitrogens is 1. The Bertz CT molecular complexity index is 2300. The van der Waals surface area contributed by atoms with Gasteiger partial charge in [0.05, 0.1) is 25.0 Å². The Morgan fingerprint density at radius 1 is 0.871 bits per heavy atom. The average Bonchev–Trinajstić information content (AvgIpc) is 3.73. The third-order valence-corrected chi connectivity index (χ3v) is 13.3. The molecule has 1 unspecified atom stereocenters. The number of aliphatic hydroxyl groups excluding tert-OH is 2. The molecule has 3 aliphatic rings. The zero-order chi connectivity index (χ0) is 42.9. The molecule has 8 rings (SSSR count). The van der Waals surface area contributed by atoms with Crippen LogP contribution < -0.4 is 15.8 Å². The minimum atomic E-state index is -0.603. The number of nitrogens with one attached hydrogen (secondary N) is 1. The van der Waals surface area contributed by atoms with E-state index in [0.29, 0.717) is 50.8 Å². The van der Waals surface area contributed by atoms with Gasteiger partial charge in [0.15, 0.2) is 11.5 Å². The summed E-state index contributed by atoms with van der Waals surface area (Å²) in [6, 6.07) is 28.3. The van der Waals surface area contributed by atoms with E-state index >= 15 is 0 Å². The van der Waals surface area contributed by atoms with E-state index in [2.05, 4.69) is 70.8 Å². The van der Waals surface area contributed by atoms with Gasteiger partial charge < -0.3 is 50.3 Å². The van der Waals surface area contributed by atoms with Gasteiger partial charge in [0, 0.05) is 54.0 Å².